The maximum absolute atomic E-state index is 12.4. The molecule has 2 N–H and O–H groups in total. The summed E-state index contributed by atoms with van der Waals surface area (Å²) in [6.07, 6.45) is 1.93. The van der Waals surface area contributed by atoms with Gasteiger partial charge in [0, 0.05) is 16.6 Å². The zero-order valence-corrected chi connectivity index (χ0v) is 15.8. The van der Waals surface area contributed by atoms with Gasteiger partial charge in [-0.1, -0.05) is 23.7 Å². The molecule has 0 atom stereocenters. The molecule has 2 amide bonds. The molecular formula is C20H20ClN3O3. The van der Waals surface area contributed by atoms with E-state index < -0.39 is 5.91 Å². The summed E-state index contributed by atoms with van der Waals surface area (Å²) in [7, 11) is 1.48. The Balaban J connectivity index is 1.65. The second-order valence-corrected chi connectivity index (χ2v) is 6.76. The number of carbonyl (C=O) groups excluding carboxylic acids is 2. The van der Waals surface area contributed by atoms with Gasteiger partial charge in [-0.15, -0.1) is 0 Å². The van der Waals surface area contributed by atoms with Crippen molar-refractivity contribution in [2.75, 3.05) is 12.4 Å². The molecule has 1 saturated carbocycles. The Morgan fingerprint density at radius 3 is 2.48 bits per heavy atom. The SMILES string of the molecule is COc1ccc(Cl)cc1C(=O)N/N=C(/C)c1ccc(NC(=O)C2CC2)cc1. The van der Waals surface area contributed by atoms with E-state index in [0.29, 0.717) is 22.0 Å². The summed E-state index contributed by atoms with van der Waals surface area (Å²) in [5.74, 6) is 0.227. The van der Waals surface area contributed by atoms with Crippen molar-refractivity contribution in [2.45, 2.75) is 19.8 Å². The molecule has 3 rings (SSSR count). The minimum absolute atomic E-state index is 0.0656. The van der Waals surface area contributed by atoms with Crippen LogP contribution in [0.15, 0.2) is 47.6 Å². The Labute approximate surface area is 162 Å². The molecule has 2 aromatic rings. The van der Waals surface area contributed by atoms with Crippen LogP contribution in [0.1, 0.15) is 35.7 Å². The van der Waals surface area contributed by atoms with Crippen molar-refractivity contribution >= 4 is 34.8 Å². The van der Waals surface area contributed by atoms with Crippen LogP contribution in [0, 0.1) is 5.92 Å². The minimum atomic E-state index is -0.415. The standard InChI is InChI=1S/C20H20ClN3O3/c1-12(13-5-8-16(9-6-13)22-19(25)14-3-4-14)23-24-20(26)17-11-15(21)7-10-18(17)27-2/h5-11,14H,3-4H2,1-2H3,(H,22,25)(H,24,26)/b23-12-. The van der Waals surface area contributed by atoms with Crippen LogP contribution in [0.2, 0.25) is 5.02 Å². The fourth-order valence-corrected chi connectivity index (χ4v) is 2.67. The molecular weight excluding hydrogens is 366 g/mol. The number of hydrogen-bond acceptors (Lipinski definition) is 4. The highest BCUT2D eigenvalue weighted by atomic mass is 35.5. The van der Waals surface area contributed by atoms with Crippen LogP contribution in [0.25, 0.3) is 0 Å². The van der Waals surface area contributed by atoms with Crippen LogP contribution in [-0.2, 0) is 4.79 Å². The number of anilines is 1. The van der Waals surface area contributed by atoms with Crippen molar-refractivity contribution in [1.29, 1.82) is 0 Å². The van der Waals surface area contributed by atoms with E-state index in [1.807, 2.05) is 24.3 Å². The molecule has 0 spiro atoms. The number of nitrogens with zero attached hydrogens (tertiary/aromatic N) is 1. The summed E-state index contributed by atoms with van der Waals surface area (Å²) >= 11 is 5.95. The second-order valence-electron chi connectivity index (χ2n) is 6.32. The Kier molecular flexibility index (Phi) is 5.76. The summed E-state index contributed by atoms with van der Waals surface area (Å²) in [6.45, 7) is 1.78. The maximum Gasteiger partial charge on any atom is 0.275 e. The van der Waals surface area contributed by atoms with Crippen LogP contribution in [0.3, 0.4) is 0 Å². The lowest BCUT2D eigenvalue weighted by Gasteiger charge is -2.08. The van der Waals surface area contributed by atoms with E-state index in [9.17, 15) is 9.59 Å². The van der Waals surface area contributed by atoms with Crippen molar-refractivity contribution in [2.24, 2.45) is 11.0 Å². The summed E-state index contributed by atoms with van der Waals surface area (Å²) < 4.78 is 5.18. The van der Waals surface area contributed by atoms with Crippen LogP contribution >= 0.6 is 11.6 Å². The lowest BCUT2D eigenvalue weighted by Crippen LogP contribution is -2.20. The molecule has 0 saturated heterocycles. The minimum Gasteiger partial charge on any atom is -0.496 e. The Morgan fingerprint density at radius 2 is 1.85 bits per heavy atom. The summed E-state index contributed by atoms with van der Waals surface area (Å²) in [5, 5.41) is 7.46. The number of amides is 2. The normalized spacial score (nSPS) is 13.8. The number of nitrogens with one attached hydrogen (secondary N) is 2. The smallest absolute Gasteiger partial charge is 0.275 e. The monoisotopic (exact) mass is 385 g/mol. The molecule has 0 heterocycles. The molecule has 1 fully saturated rings. The lowest BCUT2D eigenvalue weighted by atomic mass is 10.1. The first-order valence-corrected chi connectivity index (χ1v) is 8.95. The van der Waals surface area contributed by atoms with E-state index >= 15 is 0 Å². The molecule has 140 valence electrons. The van der Waals surface area contributed by atoms with Gasteiger partial charge in [0.05, 0.1) is 18.4 Å². The van der Waals surface area contributed by atoms with Crippen LogP contribution in [-0.4, -0.2) is 24.6 Å². The van der Waals surface area contributed by atoms with Crippen LogP contribution in [0.5, 0.6) is 5.75 Å². The third-order valence-corrected chi connectivity index (χ3v) is 4.48. The predicted molar refractivity (Wildman–Crippen MR) is 105 cm³/mol. The van der Waals surface area contributed by atoms with Crippen LogP contribution < -0.4 is 15.5 Å². The largest absolute Gasteiger partial charge is 0.496 e. The van der Waals surface area contributed by atoms with Gasteiger partial charge in [-0.05, 0) is 55.7 Å². The number of halogens is 1. The number of methoxy groups -OCH3 is 1. The number of hydrogen-bond donors (Lipinski definition) is 2. The predicted octanol–water partition coefficient (Wildman–Crippen LogP) is 3.85. The highest BCUT2D eigenvalue weighted by Gasteiger charge is 2.29. The number of hydrazone groups is 1. The Hall–Kier alpha value is -2.86. The topological polar surface area (TPSA) is 79.8 Å². The third kappa shape index (κ3) is 4.86. The van der Waals surface area contributed by atoms with Gasteiger partial charge in [0.2, 0.25) is 5.91 Å². The molecule has 0 aliphatic heterocycles. The van der Waals surface area contributed by atoms with E-state index in [-0.39, 0.29) is 11.8 Å². The molecule has 0 aromatic heterocycles. The van der Waals surface area contributed by atoms with Crippen molar-refractivity contribution < 1.29 is 14.3 Å². The Morgan fingerprint density at radius 1 is 1.15 bits per heavy atom. The van der Waals surface area contributed by atoms with Gasteiger partial charge in [-0.25, -0.2) is 5.43 Å². The molecule has 6 nitrogen and oxygen atoms in total. The molecule has 0 unspecified atom stereocenters. The van der Waals surface area contributed by atoms with E-state index in [2.05, 4.69) is 15.8 Å². The molecule has 0 radical (unpaired) electrons. The Bertz CT molecular complexity index is 890. The van der Waals surface area contributed by atoms with Crippen molar-refractivity contribution in [1.82, 2.24) is 5.43 Å². The van der Waals surface area contributed by atoms with E-state index in [4.69, 9.17) is 16.3 Å². The van der Waals surface area contributed by atoms with Gasteiger partial charge in [0.25, 0.3) is 5.91 Å². The van der Waals surface area contributed by atoms with Gasteiger partial charge < -0.3 is 10.1 Å². The molecule has 1 aliphatic carbocycles. The lowest BCUT2D eigenvalue weighted by molar-refractivity contribution is -0.117. The first-order chi connectivity index (χ1) is 13.0. The zero-order chi connectivity index (χ0) is 19.4. The van der Waals surface area contributed by atoms with Gasteiger partial charge in [0.15, 0.2) is 0 Å². The van der Waals surface area contributed by atoms with Crippen molar-refractivity contribution in [3.8, 4) is 5.75 Å². The summed E-state index contributed by atoms with van der Waals surface area (Å²) in [6, 6.07) is 12.1. The first kappa shape index (κ1) is 18.9. The van der Waals surface area contributed by atoms with E-state index in [1.165, 1.54) is 13.2 Å². The summed E-state index contributed by atoms with van der Waals surface area (Å²) in [5.41, 5.74) is 5.02. The van der Waals surface area contributed by atoms with Gasteiger partial charge in [-0.2, -0.15) is 5.10 Å². The van der Waals surface area contributed by atoms with Gasteiger partial charge in [0.1, 0.15) is 5.75 Å². The average Bonchev–Trinajstić information content (AvgIpc) is 3.51. The number of rotatable bonds is 6. The zero-order valence-electron chi connectivity index (χ0n) is 15.1. The highest BCUT2D eigenvalue weighted by Crippen LogP contribution is 2.30. The fraction of sp³-hybridized carbons (Fsp3) is 0.250. The fourth-order valence-electron chi connectivity index (χ4n) is 2.50. The van der Waals surface area contributed by atoms with Gasteiger partial charge in [-0.3, -0.25) is 9.59 Å². The average molecular weight is 386 g/mol. The third-order valence-electron chi connectivity index (χ3n) is 4.25. The van der Waals surface area contributed by atoms with E-state index in [0.717, 1.165) is 24.1 Å². The maximum atomic E-state index is 12.4. The number of carbonyl (C=O) groups is 2. The molecule has 2 aromatic carbocycles. The molecule has 27 heavy (non-hydrogen) atoms. The molecule has 1 aliphatic rings. The highest BCUT2D eigenvalue weighted by molar-refractivity contribution is 6.31. The van der Waals surface area contributed by atoms with Crippen LogP contribution in [0.4, 0.5) is 5.69 Å². The van der Waals surface area contributed by atoms with Crippen molar-refractivity contribution in [3.63, 3.8) is 0 Å². The number of benzene rings is 2. The summed E-state index contributed by atoms with van der Waals surface area (Å²) in [4.78, 5) is 24.1. The van der Waals surface area contributed by atoms with Crippen molar-refractivity contribution in [3.05, 3.63) is 58.6 Å². The quantitative estimate of drug-likeness (QED) is 0.585. The molecule has 7 heteroatoms. The first-order valence-electron chi connectivity index (χ1n) is 8.57. The van der Waals surface area contributed by atoms with E-state index in [1.54, 1.807) is 19.1 Å². The number of ether oxygens (including phenoxy) is 1. The van der Waals surface area contributed by atoms with Gasteiger partial charge >= 0.3 is 0 Å². The second kappa shape index (κ2) is 8.22. The molecule has 0 bridgehead atoms.